The summed E-state index contributed by atoms with van der Waals surface area (Å²) in [5.74, 6) is -1.44. The average Bonchev–Trinajstić information content (AvgIpc) is 2.47. The quantitative estimate of drug-likeness (QED) is 0.874. The van der Waals surface area contributed by atoms with Crippen molar-refractivity contribution in [3.05, 3.63) is 35.4 Å². The molecule has 1 saturated heterocycles. The van der Waals surface area contributed by atoms with Gasteiger partial charge >= 0.3 is 11.9 Å². The molecule has 1 atom stereocenters. The van der Waals surface area contributed by atoms with Gasteiger partial charge in [-0.2, -0.15) is 0 Å². The molecule has 0 bridgehead atoms. The minimum absolute atomic E-state index is 0.0559. The number of likely N-dealkylation sites (tertiary alicyclic amines) is 1. The number of carbonyl (C=O) groups is 2. The summed E-state index contributed by atoms with van der Waals surface area (Å²) in [6.45, 7) is 5.22. The lowest BCUT2D eigenvalue weighted by Gasteiger charge is -2.37. The van der Waals surface area contributed by atoms with Gasteiger partial charge in [0.25, 0.3) is 0 Å². The second-order valence-electron chi connectivity index (χ2n) is 6.23. The third kappa shape index (κ3) is 3.47. The van der Waals surface area contributed by atoms with E-state index in [1.807, 2.05) is 30.9 Å². The highest BCUT2D eigenvalue weighted by Crippen LogP contribution is 2.32. The summed E-state index contributed by atoms with van der Waals surface area (Å²) in [5, 5.41) is 18.7. The fourth-order valence-corrected chi connectivity index (χ4v) is 3.40. The summed E-state index contributed by atoms with van der Waals surface area (Å²) in [6, 6.07) is 6.65. The molecule has 0 aliphatic carbocycles. The lowest BCUT2D eigenvalue weighted by atomic mass is 9.85. The maximum absolute atomic E-state index is 11.4. The van der Waals surface area contributed by atoms with Crippen LogP contribution in [0, 0.1) is 5.92 Å². The van der Waals surface area contributed by atoms with Gasteiger partial charge in [0.15, 0.2) is 0 Å². The van der Waals surface area contributed by atoms with E-state index in [1.54, 1.807) is 12.1 Å². The minimum Gasteiger partial charge on any atom is -0.480 e. The molecule has 0 saturated carbocycles. The van der Waals surface area contributed by atoms with E-state index in [0.717, 1.165) is 18.4 Å². The van der Waals surface area contributed by atoms with Crippen LogP contribution in [-0.2, 0) is 4.79 Å². The van der Waals surface area contributed by atoms with Crippen molar-refractivity contribution in [2.24, 2.45) is 5.92 Å². The molecule has 2 N–H and O–H groups in total. The molecule has 1 unspecified atom stereocenters. The zero-order chi connectivity index (χ0) is 16.3. The molecule has 1 heterocycles. The molecule has 1 aromatic rings. The second-order valence-corrected chi connectivity index (χ2v) is 6.23. The number of carboxylic acids is 2. The largest absolute Gasteiger partial charge is 0.480 e. The zero-order valence-electron chi connectivity index (χ0n) is 13.0. The predicted molar refractivity (Wildman–Crippen MR) is 83.2 cm³/mol. The van der Waals surface area contributed by atoms with Gasteiger partial charge in [-0.05, 0) is 49.4 Å². The molecular formula is C17H23NO4. The van der Waals surface area contributed by atoms with E-state index in [0.29, 0.717) is 18.7 Å². The van der Waals surface area contributed by atoms with Gasteiger partial charge in [0.1, 0.15) is 6.04 Å². The zero-order valence-corrected chi connectivity index (χ0v) is 13.0. The Morgan fingerprint density at radius 1 is 1.14 bits per heavy atom. The van der Waals surface area contributed by atoms with E-state index >= 15 is 0 Å². The number of rotatable bonds is 5. The van der Waals surface area contributed by atoms with Gasteiger partial charge in [0, 0.05) is 0 Å². The first kappa shape index (κ1) is 16.5. The number of piperidine rings is 1. The van der Waals surface area contributed by atoms with Gasteiger partial charge in [-0.3, -0.25) is 9.69 Å². The molecule has 0 spiro atoms. The molecule has 1 aliphatic heterocycles. The Balaban J connectivity index is 2.10. The Bertz CT molecular complexity index is 547. The third-order valence-corrected chi connectivity index (χ3v) is 4.44. The third-order valence-electron chi connectivity index (χ3n) is 4.44. The topological polar surface area (TPSA) is 77.8 Å². The van der Waals surface area contributed by atoms with E-state index in [9.17, 15) is 19.8 Å². The number of carboxylic acid groups (broad SMARTS) is 2. The number of benzene rings is 1. The van der Waals surface area contributed by atoms with Crippen molar-refractivity contribution in [3.63, 3.8) is 0 Å². The van der Waals surface area contributed by atoms with Gasteiger partial charge in [-0.25, -0.2) is 4.79 Å². The number of nitrogens with zero attached hydrogens (tertiary/aromatic N) is 1. The van der Waals surface area contributed by atoms with Crippen LogP contribution in [0.2, 0.25) is 0 Å². The normalized spacial score (nSPS) is 18.3. The van der Waals surface area contributed by atoms with Crippen LogP contribution < -0.4 is 0 Å². The summed E-state index contributed by atoms with van der Waals surface area (Å²) in [7, 11) is 0. The summed E-state index contributed by atoms with van der Waals surface area (Å²) >= 11 is 0. The Hall–Kier alpha value is -1.88. The van der Waals surface area contributed by atoms with Crippen LogP contribution in [0.15, 0.2) is 24.3 Å². The number of aromatic carboxylic acids is 1. The van der Waals surface area contributed by atoms with E-state index in [2.05, 4.69) is 0 Å². The standard InChI is InChI=1S/C17H23NO4/c1-11(2)15(17(21)22)18-9-7-12(8-10-18)13-5-3-4-6-14(13)16(19)20/h3-6,11-12,15H,7-10H2,1-2H3,(H,19,20)(H,21,22). The Morgan fingerprint density at radius 3 is 2.23 bits per heavy atom. The molecule has 5 nitrogen and oxygen atoms in total. The highest BCUT2D eigenvalue weighted by Gasteiger charge is 2.32. The molecule has 0 aromatic heterocycles. The summed E-state index contributed by atoms with van der Waals surface area (Å²) < 4.78 is 0. The first-order valence-corrected chi connectivity index (χ1v) is 7.71. The van der Waals surface area contributed by atoms with Crippen LogP contribution in [0.5, 0.6) is 0 Å². The van der Waals surface area contributed by atoms with E-state index in [4.69, 9.17) is 0 Å². The van der Waals surface area contributed by atoms with Crippen molar-refractivity contribution in [1.82, 2.24) is 4.90 Å². The number of hydrogen-bond acceptors (Lipinski definition) is 3. The van der Waals surface area contributed by atoms with Crippen LogP contribution in [-0.4, -0.2) is 46.2 Å². The van der Waals surface area contributed by atoms with Crippen LogP contribution in [0.3, 0.4) is 0 Å². The molecular weight excluding hydrogens is 282 g/mol. The first-order chi connectivity index (χ1) is 10.4. The second kappa shape index (κ2) is 6.92. The van der Waals surface area contributed by atoms with Gasteiger partial charge in [-0.15, -0.1) is 0 Å². The van der Waals surface area contributed by atoms with Gasteiger partial charge < -0.3 is 10.2 Å². The van der Waals surface area contributed by atoms with Crippen LogP contribution in [0.1, 0.15) is 48.5 Å². The van der Waals surface area contributed by atoms with E-state index in [1.165, 1.54) is 0 Å². The SMILES string of the molecule is CC(C)C(C(=O)O)N1CCC(c2ccccc2C(=O)O)CC1. The monoisotopic (exact) mass is 305 g/mol. The van der Waals surface area contributed by atoms with Crippen LogP contribution in [0.4, 0.5) is 0 Å². The average molecular weight is 305 g/mol. The molecule has 1 fully saturated rings. The molecule has 5 heteroatoms. The fourth-order valence-electron chi connectivity index (χ4n) is 3.40. The maximum Gasteiger partial charge on any atom is 0.335 e. The van der Waals surface area contributed by atoms with Crippen molar-refractivity contribution in [1.29, 1.82) is 0 Å². The Labute approximate surface area is 130 Å². The van der Waals surface area contributed by atoms with Gasteiger partial charge in [0.2, 0.25) is 0 Å². The van der Waals surface area contributed by atoms with Crippen molar-refractivity contribution < 1.29 is 19.8 Å². The molecule has 1 aromatic carbocycles. The van der Waals surface area contributed by atoms with Gasteiger partial charge in [-0.1, -0.05) is 32.0 Å². The summed E-state index contributed by atoms with van der Waals surface area (Å²) in [5.41, 5.74) is 1.23. The molecule has 22 heavy (non-hydrogen) atoms. The Morgan fingerprint density at radius 2 is 1.73 bits per heavy atom. The summed E-state index contributed by atoms with van der Waals surface area (Å²) in [6.07, 6.45) is 1.58. The van der Waals surface area contributed by atoms with E-state index < -0.39 is 18.0 Å². The summed E-state index contributed by atoms with van der Waals surface area (Å²) in [4.78, 5) is 24.8. The molecule has 1 aliphatic rings. The Kier molecular flexibility index (Phi) is 5.19. The van der Waals surface area contributed by atoms with Crippen molar-refractivity contribution >= 4 is 11.9 Å². The van der Waals surface area contributed by atoms with Crippen LogP contribution in [0.25, 0.3) is 0 Å². The minimum atomic E-state index is -0.899. The van der Waals surface area contributed by atoms with Crippen molar-refractivity contribution in [2.45, 2.75) is 38.6 Å². The number of aliphatic carboxylic acids is 1. The highest BCUT2D eigenvalue weighted by atomic mass is 16.4. The first-order valence-electron chi connectivity index (χ1n) is 7.71. The number of hydrogen-bond donors (Lipinski definition) is 2. The highest BCUT2D eigenvalue weighted by molar-refractivity contribution is 5.89. The lowest BCUT2D eigenvalue weighted by Crippen LogP contribution is -2.48. The van der Waals surface area contributed by atoms with Crippen molar-refractivity contribution in [2.75, 3.05) is 13.1 Å². The van der Waals surface area contributed by atoms with Crippen LogP contribution >= 0.6 is 0 Å². The molecule has 0 amide bonds. The molecule has 120 valence electrons. The molecule has 0 radical (unpaired) electrons. The predicted octanol–water partition coefficient (Wildman–Crippen LogP) is 2.67. The fraction of sp³-hybridized carbons (Fsp3) is 0.529. The molecule has 2 rings (SSSR count). The van der Waals surface area contributed by atoms with Crippen molar-refractivity contribution in [3.8, 4) is 0 Å². The lowest BCUT2D eigenvalue weighted by molar-refractivity contribution is -0.145. The smallest absolute Gasteiger partial charge is 0.335 e. The van der Waals surface area contributed by atoms with Gasteiger partial charge in [0.05, 0.1) is 5.56 Å². The maximum atomic E-state index is 11.4. The van der Waals surface area contributed by atoms with E-state index in [-0.39, 0.29) is 11.8 Å².